The van der Waals surface area contributed by atoms with E-state index in [0.29, 0.717) is 0 Å². The maximum Gasteiger partial charge on any atom is 0.303 e. The van der Waals surface area contributed by atoms with Crippen LogP contribution in [0.4, 0.5) is 0 Å². The van der Waals surface area contributed by atoms with E-state index in [1.54, 1.807) is 13.8 Å². The first kappa shape index (κ1) is 14.9. The number of hydrogen-bond acceptors (Lipinski definition) is 2. The van der Waals surface area contributed by atoms with E-state index in [1.807, 2.05) is 13.8 Å². The van der Waals surface area contributed by atoms with E-state index in [0.717, 1.165) is 12.8 Å². The lowest BCUT2D eigenvalue weighted by atomic mass is 9.85. The van der Waals surface area contributed by atoms with Gasteiger partial charge >= 0.3 is 5.97 Å². The molecule has 0 saturated heterocycles. The minimum absolute atomic E-state index is 0.0172. The minimum Gasteiger partial charge on any atom is -0.481 e. The molecular weight excluding hydrogens is 206 g/mol. The van der Waals surface area contributed by atoms with Crippen molar-refractivity contribution in [3.8, 4) is 0 Å². The van der Waals surface area contributed by atoms with Crippen LogP contribution in [0.5, 0.6) is 0 Å². The molecule has 0 spiro atoms. The molecule has 0 bridgehead atoms. The van der Waals surface area contributed by atoms with Gasteiger partial charge in [-0.2, -0.15) is 0 Å². The summed E-state index contributed by atoms with van der Waals surface area (Å²) in [4.78, 5) is 22.3. The topological polar surface area (TPSA) is 66.4 Å². The van der Waals surface area contributed by atoms with Crippen LogP contribution >= 0.6 is 0 Å². The summed E-state index contributed by atoms with van der Waals surface area (Å²) in [6.07, 6.45) is 2.09. The largest absolute Gasteiger partial charge is 0.481 e. The lowest BCUT2D eigenvalue weighted by Crippen LogP contribution is -2.36. The number of hydrogen-bond donors (Lipinski definition) is 2. The third kappa shape index (κ3) is 6.43. The van der Waals surface area contributed by atoms with Crippen molar-refractivity contribution >= 4 is 11.9 Å². The second-order valence-electron chi connectivity index (χ2n) is 4.99. The van der Waals surface area contributed by atoms with Gasteiger partial charge in [0.15, 0.2) is 0 Å². The van der Waals surface area contributed by atoms with Gasteiger partial charge in [0.25, 0.3) is 0 Å². The van der Waals surface area contributed by atoms with Gasteiger partial charge in [0.05, 0.1) is 6.42 Å². The zero-order chi connectivity index (χ0) is 12.8. The van der Waals surface area contributed by atoms with Crippen molar-refractivity contribution in [2.24, 2.45) is 5.41 Å². The van der Waals surface area contributed by atoms with Gasteiger partial charge in [0.2, 0.25) is 5.91 Å². The van der Waals surface area contributed by atoms with Gasteiger partial charge in [0, 0.05) is 12.5 Å². The van der Waals surface area contributed by atoms with Crippen LogP contribution in [0.15, 0.2) is 0 Å². The lowest BCUT2D eigenvalue weighted by molar-refractivity contribution is -0.139. The number of aliphatic carboxylic acids is 1. The minimum atomic E-state index is -0.861. The predicted molar refractivity (Wildman–Crippen MR) is 63.2 cm³/mol. The fraction of sp³-hybridized carbons (Fsp3) is 0.833. The summed E-state index contributed by atoms with van der Waals surface area (Å²) in [5, 5.41) is 11.6. The van der Waals surface area contributed by atoms with Crippen molar-refractivity contribution in [1.29, 1.82) is 0 Å². The Morgan fingerprint density at radius 1 is 1.19 bits per heavy atom. The molecule has 0 atom stereocenters. The molecule has 0 heterocycles. The second kappa shape index (κ2) is 6.51. The second-order valence-corrected chi connectivity index (χ2v) is 4.99. The monoisotopic (exact) mass is 229 g/mol. The Balaban J connectivity index is 4.17. The highest BCUT2D eigenvalue weighted by molar-refractivity contribution is 5.78. The maximum atomic E-state index is 11.7. The molecule has 4 nitrogen and oxygen atoms in total. The fourth-order valence-corrected chi connectivity index (χ4v) is 1.68. The van der Waals surface area contributed by atoms with Crippen molar-refractivity contribution in [1.82, 2.24) is 5.32 Å². The molecule has 2 N–H and O–H groups in total. The molecule has 0 aromatic heterocycles. The van der Waals surface area contributed by atoms with Crippen LogP contribution in [0.25, 0.3) is 0 Å². The Morgan fingerprint density at radius 3 is 2.06 bits per heavy atom. The van der Waals surface area contributed by atoms with Gasteiger partial charge in [-0.25, -0.2) is 0 Å². The quantitative estimate of drug-likeness (QED) is 0.703. The molecule has 0 aliphatic heterocycles. The number of amides is 1. The first-order valence-corrected chi connectivity index (χ1v) is 5.82. The maximum absolute atomic E-state index is 11.7. The van der Waals surface area contributed by atoms with Crippen LogP contribution in [0, 0.1) is 5.41 Å². The van der Waals surface area contributed by atoms with Crippen LogP contribution in [0.2, 0.25) is 0 Å². The molecule has 0 aliphatic carbocycles. The van der Waals surface area contributed by atoms with E-state index < -0.39 is 11.4 Å². The SMILES string of the molecule is CCC(CC)NC(=O)CC(C)(C)CC(=O)O. The van der Waals surface area contributed by atoms with Gasteiger partial charge in [-0.05, 0) is 18.3 Å². The van der Waals surface area contributed by atoms with Gasteiger partial charge < -0.3 is 10.4 Å². The number of rotatable bonds is 7. The Hall–Kier alpha value is -1.06. The van der Waals surface area contributed by atoms with E-state index >= 15 is 0 Å². The molecular formula is C12H23NO3. The lowest BCUT2D eigenvalue weighted by Gasteiger charge is -2.23. The number of nitrogens with one attached hydrogen (secondary N) is 1. The average molecular weight is 229 g/mol. The summed E-state index contributed by atoms with van der Waals surface area (Å²) in [5.74, 6) is -0.916. The zero-order valence-corrected chi connectivity index (χ0v) is 10.7. The number of carboxylic acids is 1. The third-order valence-electron chi connectivity index (χ3n) is 2.62. The summed E-state index contributed by atoms with van der Waals surface area (Å²) in [6, 6.07) is 0.202. The molecule has 0 radical (unpaired) electrons. The third-order valence-corrected chi connectivity index (χ3v) is 2.62. The summed E-state index contributed by atoms with van der Waals surface area (Å²) in [7, 11) is 0. The van der Waals surface area contributed by atoms with E-state index in [-0.39, 0.29) is 24.8 Å². The van der Waals surface area contributed by atoms with Crippen LogP contribution in [-0.2, 0) is 9.59 Å². The first-order chi connectivity index (χ1) is 7.30. The molecule has 1 amide bonds. The molecule has 0 aliphatic rings. The van der Waals surface area contributed by atoms with Crippen molar-refractivity contribution in [3.63, 3.8) is 0 Å². The highest BCUT2D eigenvalue weighted by Gasteiger charge is 2.25. The molecule has 0 rings (SSSR count). The Bertz CT molecular complexity index is 245. The predicted octanol–water partition coefficient (Wildman–Crippen LogP) is 2.18. The molecule has 0 saturated carbocycles. The fourth-order valence-electron chi connectivity index (χ4n) is 1.68. The molecule has 0 aromatic rings. The summed E-state index contributed by atoms with van der Waals surface area (Å²) >= 11 is 0. The van der Waals surface area contributed by atoms with Gasteiger partial charge in [0.1, 0.15) is 0 Å². The normalized spacial score (nSPS) is 11.6. The molecule has 0 unspecified atom stereocenters. The van der Waals surface area contributed by atoms with Crippen molar-refractivity contribution in [2.45, 2.75) is 59.4 Å². The summed E-state index contributed by atoms with van der Waals surface area (Å²) in [6.45, 7) is 7.65. The van der Waals surface area contributed by atoms with Crippen molar-refractivity contribution in [3.05, 3.63) is 0 Å². The molecule has 0 fully saturated rings. The highest BCUT2D eigenvalue weighted by atomic mass is 16.4. The molecule has 94 valence electrons. The summed E-state index contributed by atoms with van der Waals surface area (Å²) < 4.78 is 0. The Morgan fingerprint density at radius 2 is 1.69 bits per heavy atom. The van der Waals surface area contributed by atoms with E-state index in [4.69, 9.17) is 5.11 Å². The number of carbonyl (C=O) groups is 2. The van der Waals surface area contributed by atoms with Crippen LogP contribution < -0.4 is 5.32 Å². The van der Waals surface area contributed by atoms with Crippen LogP contribution in [-0.4, -0.2) is 23.0 Å². The highest BCUT2D eigenvalue weighted by Crippen LogP contribution is 2.24. The standard InChI is InChI=1S/C12H23NO3/c1-5-9(6-2)13-10(14)7-12(3,4)8-11(15)16/h9H,5-8H2,1-4H3,(H,13,14)(H,15,16). The van der Waals surface area contributed by atoms with E-state index in [1.165, 1.54) is 0 Å². The van der Waals surface area contributed by atoms with Gasteiger partial charge in [-0.3, -0.25) is 9.59 Å². The smallest absolute Gasteiger partial charge is 0.303 e. The number of carboxylic acid groups (broad SMARTS) is 1. The van der Waals surface area contributed by atoms with Crippen molar-refractivity contribution in [2.75, 3.05) is 0 Å². The first-order valence-electron chi connectivity index (χ1n) is 5.82. The Labute approximate surface area is 97.4 Å². The van der Waals surface area contributed by atoms with Crippen LogP contribution in [0.3, 0.4) is 0 Å². The number of carbonyl (C=O) groups excluding carboxylic acids is 1. The van der Waals surface area contributed by atoms with Gasteiger partial charge in [-0.1, -0.05) is 27.7 Å². The summed E-state index contributed by atoms with van der Waals surface area (Å²) in [5.41, 5.74) is -0.484. The van der Waals surface area contributed by atoms with Crippen molar-refractivity contribution < 1.29 is 14.7 Å². The van der Waals surface area contributed by atoms with Crippen LogP contribution in [0.1, 0.15) is 53.4 Å². The molecule has 16 heavy (non-hydrogen) atoms. The van der Waals surface area contributed by atoms with Gasteiger partial charge in [-0.15, -0.1) is 0 Å². The molecule has 0 aromatic carbocycles. The van der Waals surface area contributed by atoms with E-state index in [9.17, 15) is 9.59 Å². The average Bonchev–Trinajstić information content (AvgIpc) is 2.10. The molecule has 4 heteroatoms. The zero-order valence-electron chi connectivity index (χ0n) is 10.7. The van der Waals surface area contributed by atoms with E-state index in [2.05, 4.69) is 5.32 Å². The Kier molecular flexibility index (Phi) is 6.08.